The highest BCUT2D eigenvalue weighted by atomic mass is 19.1. The molecule has 2 amide bonds. The summed E-state index contributed by atoms with van der Waals surface area (Å²) in [5.41, 5.74) is 2.15. The number of rotatable bonds is 6. The van der Waals surface area contributed by atoms with Crippen LogP contribution in [0, 0.1) is 17.2 Å². The van der Waals surface area contributed by atoms with Crippen molar-refractivity contribution < 1.29 is 18.7 Å². The maximum Gasteiger partial charge on any atom is 0.257 e. The Labute approximate surface area is 190 Å². The summed E-state index contributed by atoms with van der Waals surface area (Å²) in [6, 6.07) is 11.7. The summed E-state index contributed by atoms with van der Waals surface area (Å²) in [6.07, 6.45) is 0.706. The van der Waals surface area contributed by atoms with E-state index in [1.165, 1.54) is 12.1 Å². The lowest BCUT2D eigenvalue weighted by Gasteiger charge is -2.41. The van der Waals surface area contributed by atoms with Crippen molar-refractivity contribution >= 4 is 11.8 Å². The fourth-order valence-electron chi connectivity index (χ4n) is 3.89. The van der Waals surface area contributed by atoms with E-state index >= 15 is 0 Å². The number of benzene rings is 2. The van der Waals surface area contributed by atoms with Gasteiger partial charge in [0.1, 0.15) is 11.6 Å². The monoisotopic (exact) mass is 440 g/mol. The molecule has 1 heterocycles. The van der Waals surface area contributed by atoms with Crippen LogP contribution in [0.3, 0.4) is 0 Å². The Balaban J connectivity index is 1.92. The van der Waals surface area contributed by atoms with Gasteiger partial charge in [0, 0.05) is 18.5 Å². The number of amides is 2. The summed E-state index contributed by atoms with van der Waals surface area (Å²) in [5.74, 6) is 0.405. The quantitative estimate of drug-likeness (QED) is 0.720. The summed E-state index contributed by atoms with van der Waals surface area (Å²) in [7, 11) is 0. The number of hydrogen-bond donors (Lipinski definition) is 1. The normalized spacial score (nSPS) is 16.0. The van der Waals surface area contributed by atoms with Crippen molar-refractivity contribution in [3.05, 3.63) is 65.0 Å². The maximum atomic E-state index is 14.1. The van der Waals surface area contributed by atoms with Gasteiger partial charge in [0.25, 0.3) is 5.91 Å². The van der Waals surface area contributed by atoms with Gasteiger partial charge in [-0.25, -0.2) is 4.39 Å². The first kappa shape index (κ1) is 23.8. The first-order valence-corrected chi connectivity index (χ1v) is 11.1. The van der Waals surface area contributed by atoms with E-state index in [-0.39, 0.29) is 24.2 Å². The zero-order valence-electron chi connectivity index (χ0n) is 19.6. The van der Waals surface area contributed by atoms with Crippen LogP contribution >= 0.6 is 0 Å². The molecule has 1 unspecified atom stereocenters. The van der Waals surface area contributed by atoms with E-state index in [1.807, 2.05) is 63.8 Å². The molecule has 5 nitrogen and oxygen atoms in total. The number of nitrogens with zero attached hydrogens (tertiary/aromatic N) is 1. The number of ether oxygens (including phenoxy) is 1. The summed E-state index contributed by atoms with van der Waals surface area (Å²) in [4.78, 5) is 27.2. The summed E-state index contributed by atoms with van der Waals surface area (Å²) in [6.45, 7) is 10.8. The summed E-state index contributed by atoms with van der Waals surface area (Å²) >= 11 is 0. The molecule has 172 valence electrons. The molecule has 0 aliphatic carbocycles. The largest absolute Gasteiger partial charge is 0.484 e. The van der Waals surface area contributed by atoms with Gasteiger partial charge in [0.15, 0.2) is 6.61 Å². The van der Waals surface area contributed by atoms with Crippen LogP contribution in [-0.4, -0.2) is 36.4 Å². The minimum atomic E-state index is -0.564. The molecule has 0 saturated carbocycles. The molecular formula is C26H33FN2O3. The summed E-state index contributed by atoms with van der Waals surface area (Å²) < 4.78 is 19.9. The van der Waals surface area contributed by atoms with E-state index < -0.39 is 11.5 Å². The van der Waals surface area contributed by atoms with E-state index in [1.54, 1.807) is 6.07 Å². The van der Waals surface area contributed by atoms with Crippen molar-refractivity contribution in [3.63, 3.8) is 0 Å². The van der Waals surface area contributed by atoms with E-state index in [9.17, 15) is 14.0 Å². The molecule has 2 aromatic rings. The van der Waals surface area contributed by atoms with Crippen LogP contribution in [0.4, 0.5) is 4.39 Å². The van der Waals surface area contributed by atoms with Crippen LogP contribution in [0.2, 0.25) is 0 Å². The van der Waals surface area contributed by atoms with E-state index in [0.717, 1.165) is 16.7 Å². The molecule has 2 aromatic carbocycles. The second-order valence-electron chi connectivity index (χ2n) is 9.80. The molecule has 1 N–H and O–H groups in total. The van der Waals surface area contributed by atoms with Crippen molar-refractivity contribution in [2.45, 2.75) is 47.1 Å². The number of hydrogen-bond acceptors (Lipinski definition) is 3. The lowest BCUT2D eigenvalue weighted by molar-refractivity contribution is -0.141. The molecule has 0 radical (unpaired) electrons. The predicted molar refractivity (Wildman–Crippen MR) is 123 cm³/mol. The maximum absolute atomic E-state index is 14.1. The van der Waals surface area contributed by atoms with Gasteiger partial charge in [0.2, 0.25) is 5.91 Å². The third kappa shape index (κ3) is 5.67. The molecule has 0 saturated heterocycles. The number of carbonyl (C=O) groups is 2. The Bertz CT molecular complexity index is 981. The van der Waals surface area contributed by atoms with Crippen molar-refractivity contribution in [1.82, 2.24) is 10.2 Å². The Morgan fingerprint density at radius 3 is 2.59 bits per heavy atom. The minimum absolute atomic E-state index is 0.0109. The third-order valence-corrected chi connectivity index (χ3v) is 5.49. The van der Waals surface area contributed by atoms with Crippen molar-refractivity contribution in [1.29, 1.82) is 0 Å². The second kappa shape index (κ2) is 9.72. The highest BCUT2D eigenvalue weighted by molar-refractivity contribution is 5.83. The standard InChI is InChI=1S/C26H33FN2O3/c1-17(2)15-28-23(30)16-32-21-10-9-18-11-12-29(25(31)26(3,4)5)24(22(18)14-21)19-7-6-8-20(27)13-19/h6-10,13-14,17,24H,11-12,15-16H2,1-5H3,(H,28,30). The van der Waals surface area contributed by atoms with Gasteiger partial charge in [-0.2, -0.15) is 0 Å². The fraction of sp³-hybridized carbons (Fsp3) is 0.462. The molecule has 32 heavy (non-hydrogen) atoms. The minimum Gasteiger partial charge on any atom is -0.484 e. The molecule has 1 atom stereocenters. The molecular weight excluding hydrogens is 407 g/mol. The van der Waals surface area contributed by atoms with Crippen LogP contribution in [0.1, 0.15) is 57.4 Å². The van der Waals surface area contributed by atoms with Gasteiger partial charge >= 0.3 is 0 Å². The average Bonchev–Trinajstić information content (AvgIpc) is 2.74. The average molecular weight is 441 g/mol. The van der Waals surface area contributed by atoms with Gasteiger partial charge in [-0.3, -0.25) is 9.59 Å². The van der Waals surface area contributed by atoms with Crippen molar-refractivity contribution in [2.75, 3.05) is 19.7 Å². The first-order chi connectivity index (χ1) is 15.1. The molecule has 6 heteroatoms. The predicted octanol–water partition coefficient (Wildman–Crippen LogP) is 4.50. The zero-order chi connectivity index (χ0) is 23.5. The van der Waals surface area contributed by atoms with E-state index in [4.69, 9.17) is 4.74 Å². The van der Waals surface area contributed by atoms with Crippen LogP contribution < -0.4 is 10.1 Å². The molecule has 1 aliphatic heterocycles. The first-order valence-electron chi connectivity index (χ1n) is 11.1. The molecule has 0 fully saturated rings. The molecule has 0 bridgehead atoms. The van der Waals surface area contributed by atoms with E-state index in [0.29, 0.717) is 31.2 Å². The van der Waals surface area contributed by atoms with Gasteiger partial charge in [0.05, 0.1) is 6.04 Å². The molecule has 3 rings (SSSR count). The fourth-order valence-corrected chi connectivity index (χ4v) is 3.89. The van der Waals surface area contributed by atoms with Crippen LogP contribution in [0.5, 0.6) is 5.75 Å². The second-order valence-corrected chi connectivity index (χ2v) is 9.80. The Hall–Kier alpha value is -2.89. The highest BCUT2D eigenvalue weighted by Gasteiger charge is 2.37. The number of halogens is 1. The Kier molecular flexibility index (Phi) is 7.22. The van der Waals surface area contributed by atoms with Crippen LogP contribution in [0.25, 0.3) is 0 Å². The lowest BCUT2D eigenvalue weighted by Crippen LogP contribution is -2.45. The zero-order valence-corrected chi connectivity index (χ0v) is 19.6. The lowest BCUT2D eigenvalue weighted by atomic mass is 9.85. The summed E-state index contributed by atoms with van der Waals surface area (Å²) in [5, 5.41) is 2.84. The SMILES string of the molecule is CC(C)CNC(=O)COc1ccc2c(c1)C(c1cccc(F)c1)N(C(=O)C(C)(C)C)CC2. The van der Waals surface area contributed by atoms with Crippen molar-refractivity contribution in [2.24, 2.45) is 11.3 Å². The van der Waals surface area contributed by atoms with Gasteiger partial charge in [-0.05, 0) is 53.3 Å². The number of fused-ring (bicyclic) bond motifs is 1. The van der Waals surface area contributed by atoms with Crippen LogP contribution in [-0.2, 0) is 16.0 Å². The van der Waals surface area contributed by atoms with Gasteiger partial charge in [-0.15, -0.1) is 0 Å². The van der Waals surface area contributed by atoms with Gasteiger partial charge in [-0.1, -0.05) is 52.8 Å². The highest BCUT2D eigenvalue weighted by Crippen LogP contribution is 2.39. The smallest absolute Gasteiger partial charge is 0.257 e. The molecule has 1 aliphatic rings. The Morgan fingerprint density at radius 2 is 1.94 bits per heavy atom. The Morgan fingerprint density at radius 1 is 1.19 bits per heavy atom. The number of nitrogens with one attached hydrogen (secondary N) is 1. The molecule has 0 aromatic heterocycles. The topological polar surface area (TPSA) is 58.6 Å². The van der Waals surface area contributed by atoms with E-state index in [2.05, 4.69) is 5.32 Å². The third-order valence-electron chi connectivity index (χ3n) is 5.49. The molecule has 0 spiro atoms. The number of carbonyl (C=O) groups excluding carboxylic acids is 2. The van der Waals surface area contributed by atoms with Crippen LogP contribution in [0.15, 0.2) is 42.5 Å². The van der Waals surface area contributed by atoms with Crippen molar-refractivity contribution in [3.8, 4) is 5.75 Å². The van der Waals surface area contributed by atoms with Gasteiger partial charge < -0.3 is 15.0 Å².